The molecule has 0 aliphatic heterocycles. The summed E-state index contributed by atoms with van der Waals surface area (Å²) in [5.41, 5.74) is 1.48. The molecule has 5 aliphatic rings. The number of fused-ring (bicyclic) bond motifs is 7. The van der Waals surface area contributed by atoms with Gasteiger partial charge in [-0.2, -0.15) is 0 Å². The van der Waals surface area contributed by atoms with Gasteiger partial charge < -0.3 is 10.2 Å². The number of carbonyl (C=O) groups is 1. The van der Waals surface area contributed by atoms with Crippen LogP contribution in [0.15, 0.2) is 23.3 Å². The number of aliphatic hydroxyl groups excluding tert-OH is 1. The summed E-state index contributed by atoms with van der Waals surface area (Å²) >= 11 is 0. The predicted octanol–water partition coefficient (Wildman–Crippen LogP) is 3.02. The van der Waals surface area contributed by atoms with Crippen molar-refractivity contribution >= 4 is 5.78 Å². The summed E-state index contributed by atoms with van der Waals surface area (Å²) in [7, 11) is 0. The molecule has 3 fully saturated rings. The highest BCUT2D eigenvalue weighted by Crippen LogP contribution is 2.71. The molecule has 3 unspecified atom stereocenters. The second-order valence-electron chi connectivity index (χ2n) is 9.65. The Hall–Kier alpha value is -0.930. The van der Waals surface area contributed by atoms with Crippen molar-refractivity contribution in [2.75, 3.05) is 0 Å². The van der Waals surface area contributed by atoms with Crippen LogP contribution in [0.4, 0.5) is 0 Å². The average Bonchev–Trinajstić information content (AvgIpc) is 3.10. The van der Waals surface area contributed by atoms with E-state index in [0.717, 1.165) is 25.7 Å². The van der Waals surface area contributed by atoms with Crippen molar-refractivity contribution in [3.05, 3.63) is 23.3 Å². The summed E-state index contributed by atoms with van der Waals surface area (Å²) in [5, 5.41) is 21.4. The largest absolute Gasteiger partial charge is 0.393 e. The number of carbonyl (C=O) groups excluding carboxylic acids is 1. The highest BCUT2D eigenvalue weighted by Gasteiger charge is 2.69. The first-order valence-corrected chi connectivity index (χ1v) is 9.58. The van der Waals surface area contributed by atoms with Gasteiger partial charge in [0.1, 0.15) is 0 Å². The number of allylic oxidation sites excluding steroid dienone is 3. The lowest BCUT2D eigenvalue weighted by molar-refractivity contribution is -0.165. The minimum Gasteiger partial charge on any atom is -0.393 e. The van der Waals surface area contributed by atoms with Gasteiger partial charge in [-0.3, -0.25) is 4.79 Å². The summed E-state index contributed by atoms with van der Waals surface area (Å²) in [6.45, 7) is 6.54. The maximum Gasteiger partial charge on any atom is 0.150 e. The van der Waals surface area contributed by atoms with Gasteiger partial charge in [0, 0.05) is 17.3 Å². The summed E-state index contributed by atoms with van der Waals surface area (Å²) in [6.07, 6.45) is 7.86. The van der Waals surface area contributed by atoms with Crippen molar-refractivity contribution in [1.82, 2.24) is 0 Å². The molecular formula is C21H28O3. The molecule has 3 nitrogen and oxygen atoms in total. The molecule has 0 bridgehead atoms. The number of aliphatic hydroxyl groups is 2. The van der Waals surface area contributed by atoms with Crippen LogP contribution in [0.25, 0.3) is 0 Å². The fraction of sp³-hybridized carbons (Fsp3) is 0.762. The molecule has 0 saturated heterocycles. The van der Waals surface area contributed by atoms with Crippen LogP contribution in [-0.4, -0.2) is 27.7 Å². The first-order valence-electron chi connectivity index (χ1n) is 9.58. The molecule has 3 saturated carbocycles. The normalized spacial score (nSPS) is 58.0. The highest BCUT2D eigenvalue weighted by molar-refractivity contribution is 6.01. The van der Waals surface area contributed by atoms with E-state index in [9.17, 15) is 15.0 Å². The van der Waals surface area contributed by atoms with Crippen LogP contribution in [0, 0.1) is 34.5 Å². The quantitative estimate of drug-likeness (QED) is 0.672. The number of Topliss-reactive ketones (excluding diaryl/α,β-unsaturated/α-hetero) is 1. The lowest BCUT2D eigenvalue weighted by Crippen LogP contribution is -2.61. The van der Waals surface area contributed by atoms with E-state index in [0.29, 0.717) is 30.0 Å². The Kier molecular flexibility index (Phi) is 2.71. The van der Waals surface area contributed by atoms with Crippen LogP contribution < -0.4 is 0 Å². The van der Waals surface area contributed by atoms with Crippen molar-refractivity contribution in [1.29, 1.82) is 0 Å². The molecule has 0 radical (unpaired) electrons. The molecule has 0 spiro atoms. The zero-order valence-corrected chi connectivity index (χ0v) is 14.9. The third-order valence-corrected chi connectivity index (χ3v) is 8.73. The van der Waals surface area contributed by atoms with E-state index in [4.69, 9.17) is 0 Å². The Bertz CT molecular complexity index is 706. The Morgan fingerprint density at radius 2 is 1.96 bits per heavy atom. The molecule has 5 rings (SSSR count). The van der Waals surface area contributed by atoms with Crippen LogP contribution >= 0.6 is 0 Å². The van der Waals surface area contributed by atoms with Gasteiger partial charge in [-0.25, -0.2) is 0 Å². The lowest BCUT2D eigenvalue weighted by Gasteiger charge is -2.60. The minimum absolute atomic E-state index is 0.147. The highest BCUT2D eigenvalue weighted by atomic mass is 16.3. The predicted molar refractivity (Wildman–Crippen MR) is 91.1 cm³/mol. The van der Waals surface area contributed by atoms with Crippen LogP contribution in [0.2, 0.25) is 0 Å². The zero-order chi connectivity index (χ0) is 17.1. The Morgan fingerprint density at radius 3 is 2.71 bits per heavy atom. The van der Waals surface area contributed by atoms with Gasteiger partial charge in [0.25, 0.3) is 0 Å². The number of hydrogen-bond donors (Lipinski definition) is 2. The minimum atomic E-state index is -0.894. The fourth-order valence-electron chi connectivity index (χ4n) is 7.13. The molecule has 0 heterocycles. The standard InChI is InChI=1S/C21H28O3/c1-11-15-16(11)18(23)19(2)7-6-14-13(17(15)19)5-9-21(24)10-12(22)4-8-20(14,21)3/h5,9,12-14,16-17,22,24H,4,6-8,10H2,1-3H3/t12-,13?,14?,16-,17?,19-,20+,21-/m0/s1. The van der Waals surface area contributed by atoms with Gasteiger partial charge in [0.15, 0.2) is 5.78 Å². The van der Waals surface area contributed by atoms with Crippen LogP contribution in [0.5, 0.6) is 0 Å². The van der Waals surface area contributed by atoms with E-state index in [1.807, 2.05) is 6.08 Å². The third-order valence-electron chi connectivity index (χ3n) is 8.73. The van der Waals surface area contributed by atoms with E-state index < -0.39 is 11.7 Å². The van der Waals surface area contributed by atoms with E-state index >= 15 is 0 Å². The van der Waals surface area contributed by atoms with Crippen LogP contribution in [0.1, 0.15) is 52.9 Å². The fourth-order valence-corrected chi connectivity index (χ4v) is 7.13. The summed E-state index contributed by atoms with van der Waals surface area (Å²) < 4.78 is 0. The lowest BCUT2D eigenvalue weighted by atomic mass is 9.45. The maximum absolute atomic E-state index is 12.9. The molecule has 0 aromatic rings. The Labute approximate surface area is 143 Å². The molecule has 2 N–H and O–H groups in total. The summed E-state index contributed by atoms with van der Waals surface area (Å²) in [4.78, 5) is 12.9. The topological polar surface area (TPSA) is 57.5 Å². The molecule has 5 aliphatic carbocycles. The van der Waals surface area contributed by atoms with Crippen molar-refractivity contribution in [3.63, 3.8) is 0 Å². The number of hydrogen-bond acceptors (Lipinski definition) is 3. The first kappa shape index (κ1) is 15.3. The molecule has 0 aromatic heterocycles. The number of ketones is 1. The van der Waals surface area contributed by atoms with Crippen molar-refractivity contribution in [2.45, 2.75) is 64.6 Å². The van der Waals surface area contributed by atoms with Crippen LogP contribution in [-0.2, 0) is 4.79 Å². The van der Waals surface area contributed by atoms with Gasteiger partial charge in [-0.15, -0.1) is 0 Å². The van der Waals surface area contributed by atoms with E-state index in [2.05, 4.69) is 26.8 Å². The van der Waals surface area contributed by atoms with Gasteiger partial charge in [0.05, 0.1) is 17.6 Å². The average molecular weight is 328 g/mol. The van der Waals surface area contributed by atoms with Gasteiger partial charge in [-0.05, 0) is 50.4 Å². The van der Waals surface area contributed by atoms with Crippen LogP contribution in [0.3, 0.4) is 0 Å². The summed E-state index contributed by atoms with van der Waals surface area (Å²) in [5.74, 6) is 1.72. The summed E-state index contributed by atoms with van der Waals surface area (Å²) in [6, 6.07) is 0. The molecule has 0 amide bonds. The third kappa shape index (κ3) is 1.51. The second-order valence-corrected chi connectivity index (χ2v) is 9.65. The zero-order valence-electron chi connectivity index (χ0n) is 14.9. The van der Waals surface area contributed by atoms with Crippen molar-refractivity contribution in [2.24, 2.45) is 34.5 Å². The van der Waals surface area contributed by atoms with Crippen molar-refractivity contribution < 1.29 is 15.0 Å². The van der Waals surface area contributed by atoms with E-state index in [1.165, 1.54) is 11.1 Å². The van der Waals surface area contributed by atoms with E-state index in [-0.39, 0.29) is 16.7 Å². The Morgan fingerprint density at radius 1 is 1.21 bits per heavy atom. The molecule has 3 heteroatoms. The molecule has 0 aromatic carbocycles. The maximum atomic E-state index is 12.9. The molecule has 24 heavy (non-hydrogen) atoms. The Balaban J connectivity index is 1.60. The molecule has 8 atom stereocenters. The van der Waals surface area contributed by atoms with Gasteiger partial charge in [0.2, 0.25) is 0 Å². The van der Waals surface area contributed by atoms with E-state index in [1.54, 1.807) is 0 Å². The smallest absolute Gasteiger partial charge is 0.150 e. The monoisotopic (exact) mass is 328 g/mol. The van der Waals surface area contributed by atoms with Crippen molar-refractivity contribution in [3.8, 4) is 0 Å². The SMILES string of the molecule is CC1=C2C3C4C=C[C@]5(O)C[C@@H](O)CC[C@]5(C)C4CC[C@]3(C)C(=O)[C@@H]12. The second kappa shape index (κ2) is 4.24. The van der Waals surface area contributed by atoms with Gasteiger partial charge >= 0.3 is 0 Å². The number of rotatable bonds is 0. The van der Waals surface area contributed by atoms with Gasteiger partial charge in [-0.1, -0.05) is 37.1 Å². The molecular weight excluding hydrogens is 300 g/mol. The molecule has 130 valence electrons. The first-order chi connectivity index (χ1) is 11.2.